The molecule has 1 rings (SSSR count). The van der Waals surface area contributed by atoms with Gasteiger partial charge in [-0.1, -0.05) is 0 Å². The topological polar surface area (TPSA) is 66.4 Å². The zero-order valence-electron chi connectivity index (χ0n) is 11.0. The van der Waals surface area contributed by atoms with Crippen LogP contribution in [0.5, 0.6) is 5.75 Å². The Hall–Kier alpha value is -1.11. The number of nitrogens with zero attached hydrogens (tertiary/aromatic N) is 1. The molecule has 1 aromatic carbocycles. The van der Waals surface area contributed by atoms with Crippen molar-refractivity contribution in [2.75, 3.05) is 34.2 Å². The van der Waals surface area contributed by atoms with Gasteiger partial charge in [0.2, 0.25) is 10.0 Å². The lowest BCUT2D eigenvalue weighted by atomic mass is 10.3. The van der Waals surface area contributed by atoms with Crippen molar-refractivity contribution in [3.8, 4) is 5.75 Å². The summed E-state index contributed by atoms with van der Waals surface area (Å²) in [5.74, 6) is 0.0546. The number of hydrogen-bond acceptors (Lipinski definition) is 3. The maximum atomic E-state index is 11.9. The van der Waals surface area contributed by atoms with Crippen molar-refractivity contribution in [3.05, 3.63) is 24.3 Å². The third-order valence-electron chi connectivity index (χ3n) is 2.44. The summed E-state index contributed by atoms with van der Waals surface area (Å²) in [5, 5.41) is 9.11. The molecule has 0 fully saturated rings. The average Bonchev–Trinajstić information content (AvgIpc) is 2.24. The second-order valence-corrected chi connectivity index (χ2v) is 7.03. The van der Waals surface area contributed by atoms with Crippen LogP contribution in [0.1, 0.15) is 6.42 Å². The SMILES string of the molecule is C[N+](C)(C)CCCNS(=O)(=O)c1ccc(O)cc1. The molecule has 0 bridgehead atoms. The van der Waals surface area contributed by atoms with Crippen LogP contribution in [0.25, 0.3) is 0 Å². The van der Waals surface area contributed by atoms with Crippen LogP contribution in [0.2, 0.25) is 0 Å². The number of quaternary nitrogens is 1. The monoisotopic (exact) mass is 273 g/mol. The van der Waals surface area contributed by atoms with Gasteiger partial charge in [-0.2, -0.15) is 0 Å². The van der Waals surface area contributed by atoms with E-state index in [-0.39, 0.29) is 10.6 Å². The summed E-state index contributed by atoms with van der Waals surface area (Å²) in [6.07, 6.45) is 0.779. The lowest BCUT2D eigenvalue weighted by Crippen LogP contribution is -2.37. The molecule has 0 aliphatic heterocycles. The molecule has 1 aromatic rings. The van der Waals surface area contributed by atoms with E-state index < -0.39 is 10.0 Å². The van der Waals surface area contributed by atoms with Crippen LogP contribution in [0.15, 0.2) is 29.2 Å². The average molecular weight is 273 g/mol. The fraction of sp³-hybridized carbons (Fsp3) is 0.500. The summed E-state index contributed by atoms with van der Waals surface area (Å²) in [6, 6.07) is 5.50. The van der Waals surface area contributed by atoms with Crippen LogP contribution in [-0.4, -0.2) is 52.2 Å². The van der Waals surface area contributed by atoms with Crippen LogP contribution in [0.3, 0.4) is 0 Å². The van der Waals surface area contributed by atoms with Gasteiger partial charge >= 0.3 is 0 Å². The highest BCUT2D eigenvalue weighted by Crippen LogP contribution is 2.13. The maximum Gasteiger partial charge on any atom is 0.240 e. The van der Waals surface area contributed by atoms with Gasteiger partial charge in [-0.3, -0.25) is 0 Å². The normalized spacial score (nSPS) is 12.6. The molecular weight excluding hydrogens is 252 g/mol. The first kappa shape index (κ1) is 14.9. The first-order chi connectivity index (χ1) is 8.21. The van der Waals surface area contributed by atoms with Crippen LogP contribution < -0.4 is 4.72 Å². The molecule has 2 N–H and O–H groups in total. The van der Waals surface area contributed by atoms with E-state index in [0.29, 0.717) is 6.54 Å². The molecule has 0 amide bonds. The number of phenols is 1. The number of aromatic hydroxyl groups is 1. The molecule has 0 aromatic heterocycles. The van der Waals surface area contributed by atoms with Crippen LogP contribution >= 0.6 is 0 Å². The minimum atomic E-state index is -3.46. The van der Waals surface area contributed by atoms with E-state index in [9.17, 15) is 8.42 Å². The molecule has 0 saturated heterocycles. The highest BCUT2D eigenvalue weighted by atomic mass is 32.2. The van der Waals surface area contributed by atoms with Crippen molar-refractivity contribution in [2.24, 2.45) is 0 Å². The molecule has 0 heterocycles. The van der Waals surface area contributed by atoms with Gasteiger partial charge in [0, 0.05) is 13.0 Å². The zero-order valence-corrected chi connectivity index (χ0v) is 11.9. The minimum absolute atomic E-state index is 0.0546. The first-order valence-electron chi connectivity index (χ1n) is 5.80. The van der Waals surface area contributed by atoms with E-state index in [2.05, 4.69) is 25.9 Å². The first-order valence-corrected chi connectivity index (χ1v) is 7.28. The Kier molecular flexibility index (Phi) is 4.72. The van der Waals surface area contributed by atoms with Gasteiger partial charge in [0.15, 0.2) is 0 Å². The van der Waals surface area contributed by atoms with Crippen LogP contribution in [0.4, 0.5) is 0 Å². The predicted molar refractivity (Wildman–Crippen MR) is 70.8 cm³/mol. The lowest BCUT2D eigenvalue weighted by Gasteiger charge is -2.23. The quantitative estimate of drug-likeness (QED) is 0.594. The Morgan fingerprint density at radius 2 is 1.72 bits per heavy atom. The Morgan fingerprint density at radius 3 is 2.22 bits per heavy atom. The third kappa shape index (κ3) is 5.03. The van der Waals surface area contributed by atoms with Crippen LogP contribution in [-0.2, 0) is 10.0 Å². The van der Waals surface area contributed by atoms with E-state index >= 15 is 0 Å². The summed E-state index contributed by atoms with van der Waals surface area (Å²) in [6.45, 7) is 1.32. The number of nitrogens with one attached hydrogen (secondary N) is 1. The van der Waals surface area contributed by atoms with Gasteiger partial charge < -0.3 is 9.59 Å². The molecule has 6 heteroatoms. The van der Waals surface area contributed by atoms with Crippen molar-refractivity contribution in [2.45, 2.75) is 11.3 Å². The Balaban J connectivity index is 2.53. The van der Waals surface area contributed by atoms with E-state index in [1.54, 1.807) is 0 Å². The third-order valence-corrected chi connectivity index (χ3v) is 3.92. The molecule has 5 nitrogen and oxygen atoms in total. The molecule has 0 spiro atoms. The number of benzene rings is 1. The second kappa shape index (κ2) is 5.69. The molecule has 102 valence electrons. The summed E-state index contributed by atoms with van der Waals surface area (Å²) in [4.78, 5) is 0.172. The molecule has 0 atom stereocenters. The van der Waals surface area contributed by atoms with Crippen molar-refractivity contribution in [1.29, 1.82) is 0 Å². The van der Waals surface area contributed by atoms with Gasteiger partial charge in [-0.05, 0) is 24.3 Å². The van der Waals surface area contributed by atoms with Crippen LogP contribution in [0, 0.1) is 0 Å². The Bertz CT molecular complexity index is 475. The maximum absolute atomic E-state index is 11.9. The van der Waals surface area contributed by atoms with Crippen molar-refractivity contribution >= 4 is 10.0 Å². The summed E-state index contributed by atoms with van der Waals surface area (Å²) >= 11 is 0. The predicted octanol–water partition coefficient (Wildman–Crippen LogP) is 0.767. The number of hydrogen-bond donors (Lipinski definition) is 2. The van der Waals surface area contributed by atoms with E-state index in [0.717, 1.165) is 17.4 Å². The van der Waals surface area contributed by atoms with Crippen molar-refractivity contribution in [1.82, 2.24) is 4.72 Å². The summed E-state index contributed by atoms with van der Waals surface area (Å²) in [7, 11) is 2.73. The molecular formula is C12H21N2O3S+. The summed E-state index contributed by atoms with van der Waals surface area (Å²) in [5.41, 5.74) is 0. The second-order valence-electron chi connectivity index (χ2n) is 5.26. The van der Waals surface area contributed by atoms with Gasteiger partial charge in [0.05, 0.1) is 32.6 Å². The Labute approximate surface area is 109 Å². The molecule has 0 saturated carbocycles. The van der Waals surface area contributed by atoms with Gasteiger partial charge in [-0.15, -0.1) is 0 Å². The summed E-state index contributed by atoms with van der Waals surface area (Å²) < 4.78 is 27.1. The smallest absolute Gasteiger partial charge is 0.240 e. The molecule has 0 aliphatic carbocycles. The number of phenolic OH excluding ortho intramolecular Hbond substituents is 1. The van der Waals surface area contributed by atoms with Gasteiger partial charge in [0.1, 0.15) is 5.75 Å². The highest BCUT2D eigenvalue weighted by Gasteiger charge is 2.14. The largest absolute Gasteiger partial charge is 0.508 e. The molecule has 0 aliphatic rings. The fourth-order valence-electron chi connectivity index (χ4n) is 1.47. The van der Waals surface area contributed by atoms with Gasteiger partial charge in [-0.25, -0.2) is 13.1 Å². The van der Waals surface area contributed by atoms with E-state index in [4.69, 9.17) is 5.11 Å². The zero-order chi connectivity index (χ0) is 13.8. The van der Waals surface area contributed by atoms with Crippen molar-refractivity contribution in [3.63, 3.8) is 0 Å². The number of rotatable bonds is 6. The highest BCUT2D eigenvalue weighted by molar-refractivity contribution is 7.89. The van der Waals surface area contributed by atoms with Crippen molar-refractivity contribution < 1.29 is 18.0 Å². The fourth-order valence-corrected chi connectivity index (χ4v) is 2.54. The molecule has 0 unspecified atom stereocenters. The number of sulfonamides is 1. The van der Waals surface area contributed by atoms with E-state index in [1.165, 1.54) is 24.3 Å². The van der Waals surface area contributed by atoms with E-state index in [1.807, 2.05) is 0 Å². The molecule has 0 radical (unpaired) electrons. The lowest BCUT2D eigenvalue weighted by molar-refractivity contribution is -0.870. The Morgan fingerprint density at radius 1 is 1.17 bits per heavy atom. The standard InChI is InChI=1S/C12H20N2O3S/c1-14(2,3)10-4-9-13-18(16,17)12-7-5-11(15)6-8-12/h5-8,13H,4,9-10H2,1-3H3/p+1. The minimum Gasteiger partial charge on any atom is -0.508 e. The van der Waals surface area contributed by atoms with Gasteiger partial charge in [0.25, 0.3) is 0 Å². The molecule has 18 heavy (non-hydrogen) atoms.